The zero-order chi connectivity index (χ0) is 15.5. The summed E-state index contributed by atoms with van der Waals surface area (Å²) in [4.78, 5) is 2.37. The normalized spacial score (nSPS) is 22.6. The molecule has 4 nitrogen and oxygen atoms in total. The molecule has 1 atom stereocenters. The number of phenols is 1. The summed E-state index contributed by atoms with van der Waals surface area (Å²) in [5.74, 6) is -0.388. The second-order valence-electron chi connectivity index (χ2n) is 6.01. The van der Waals surface area contributed by atoms with Crippen LogP contribution in [0.2, 0.25) is 0 Å². The fraction of sp³-hybridized carbons (Fsp3) is 0.625. The fourth-order valence-electron chi connectivity index (χ4n) is 3.55. The molecule has 0 aromatic heterocycles. The van der Waals surface area contributed by atoms with Crippen molar-refractivity contribution in [2.24, 2.45) is 5.92 Å². The molecule has 0 saturated carbocycles. The van der Waals surface area contributed by atoms with Gasteiger partial charge in [-0.2, -0.15) is 0 Å². The molecule has 22 heavy (non-hydrogen) atoms. The predicted octanol–water partition coefficient (Wildman–Crippen LogP) is 2.67. The van der Waals surface area contributed by atoms with E-state index in [2.05, 4.69) is 26.1 Å². The van der Waals surface area contributed by atoms with Gasteiger partial charge in [-0.25, -0.2) is 4.39 Å². The molecule has 1 aromatic rings. The van der Waals surface area contributed by atoms with Crippen molar-refractivity contribution in [2.75, 3.05) is 39.4 Å². The smallest absolute Gasteiger partial charge is 0.166 e. The SMILES string of the molecule is Oc1c(F)cc(Br)cc1[C@H](C1CCOCC1)N1CCNCC1. The lowest BCUT2D eigenvalue weighted by Gasteiger charge is -2.41. The third-order valence-corrected chi connectivity index (χ3v) is 5.09. The monoisotopic (exact) mass is 372 g/mol. The van der Waals surface area contributed by atoms with Crippen molar-refractivity contribution in [2.45, 2.75) is 18.9 Å². The molecule has 2 saturated heterocycles. The highest BCUT2D eigenvalue weighted by Gasteiger charge is 2.33. The van der Waals surface area contributed by atoms with E-state index >= 15 is 0 Å². The standard InChI is InChI=1S/C16H22BrFN2O2/c17-12-9-13(16(21)14(18)10-12)15(11-1-7-22-8-2-11)20-5-3-19-4-6-20/h9-11,15,19,21H,1-8H2/t15-/m0/s1. The number of piperazine rings is 1. The summed E-state index contributed by atoms with van der Waals surface area (Å²) in [5, 5.41) is 13.6. The van der Waals surface area contributed by atoms with Crippen LogP contribution in [0.3, 0.4) is 0 Å². The summed E-state index contributed by atoms with van der Waals surface area (Å²) >= 11 is 3.36. The maximum atomic E-state index is 14.0. The first-order chi connectivity index (χ1) is 10.7. The van der Waals surface area contributed by atoms with E-state index in [0.717, 1.165) is 52.2 Å². The molecule has 0 bridgehead atoms. The number of benzene rings is 1. The molecule has 2 aliphatic heterocycles. The Hall–Kier alpha value is -0.690. The molecule has 1 aromatic carbocycles. The van der Waals surface area contributed by atoms with Gasteiger partial charge in [-0.1, -0.05) is 15.9 Å². The van der Waals surface area contributed by atoms with Gasteiger partial charge in [0.05, 0.1) is 0 Å². The molecular formula is C16H22BrFN2O2. The Morgan fingerprint density at radius 3 is 2.64 bits per heavy atom. The van der Waals surface area contributed by atoms with Crippen LogP contribution < -0.4 is 5.32 Å². The number of rotatable bonds is 3. The fourth-order valence-corrected chi connectivity index (χ4v) is 4.00. The lowest BCUT2D eigenvalue weighted by Crippen LogP contribution is -2.47. The van der Waals surface area contributed by atoms with E-state index in [-0.39, 0.29) is 11.8 Å². The molecule has 2 aliphatic rings. The van der Waals surface area contributed by atoms with Gasteiger partial charge in [0.25, 0.3) is 0 Å². The zero-order valence-electron chi connectivity index (χ0n) is 12.5. The quantitative estimate of drug-likeness (QED) is 0.855. The lowest BCUT2D eigenvalue weighted by atomic mass is 9.85. The number of ether oxygens (including phenoxy) is 1. The van der Waals surface area contributed by atoms with E-state index in [1.807, 2.05) is 6.07 Å². The minimum Gasteiger partial charge on any atom is -0.505 e. The van der Waals surface area contributed by atoms with E-state index in [9.17, 15) is 9.50 Å². The largest absolute Gasteiger partial charge is 0.505 e. The van der Waals surface area contributed by atoms with Crippen molar-refractivity contribution in [1.82, 2.24) is 10.2 Å². The van der Waals surface area contributed by atoms with Crippen LogP contribution in [0.5, 0.6) is 5.75 Å². The van der Waals surface area contributed by atoms with Crippen LogP contribution in [0.4, 0.5) is 4.39 Å². The van der Waals surface area contributed by atoms with E-state index in [4.69, 9.17) is 4.74 Å². The molecular weight excluding hydrogens is 351 g/mol. The highest BCUT2D eigenvalue weighted by Crippen LogP contribution is 2.41. The summed E-state index contributed by atoms with van der Waals surface area (Å²) in [6.45, 7) is 5.16. The van der Waals surface area contributed by atoms with Crippen LogP contribution in [0.1, 0.15) is 24.4 Å². The summed E-state index contributed by atoms with van der Waals surface area (Å²) in [7, 11) is 0. The average molecular weight is 373 g/mol. The number of nitrogens with one attached hydrogen (secondary N) is 1. The van der Waals surface area contributed by atoms with Gasteiger partial charge < -0.3 is 15.2 Å². The molecule has 0 spiro atoms. The third-order valence-electron chi connectivity index (χ3n) is 4.63. The van der Waals surface area contributed by atoms with Crippen LogP contribution in [0.25, 0.3) is 0 Å². The molecule has 0 radical (unpaired) electrons. The predicted molar refractivity (Wildman–Crippen MR) is 86.5 cm³/mol. The van der Waals surface area contributed by atoms with Gasteiger partial charge in [-0.15, -0.1) is 0 Å². The van der Waals surface area contributed by atoms with E-state index in [1.165, 1.54) is 6.07 Å². The highest BCUT2D eigenvalue weighted by molar-refractivity contribution is 9.10. The second-order valence-corrected chi connectivity index (χ2v) is 6.92. The first-order valence-electron chi connectivity index (χ1n) is 7.87. The number of hydrogen-bond donors (Lipinski definition) is 2. The Balaban J connectivity index is 1.96. The second kappa shape index (κ2) is 7.25. The Labute approximate surface area is 138 Å². The molecule has 2 N–H and O–H groups in total. The van der Waals surface area contributed by atoms with Crippen LogP contribution >= 0.6 is 15.9 Å². The maximum Gasteiger partial charge on any atom is 0.166 e. The van der Waals surface area contributed by atoms with Gasteiger partial charge >= 0.3 is 0 Å². The van der Waals surface area contributed by atoms with Gasteiger partial charge in [-0.05, 0) is 30.9 Å². The molecule has 2 fully saturated rings. The Kier molecular flexibility index (Phi) is 5.33. The van der Waals surface area contributed by atoms with Crippen molar-refractivity contribution in [3.05, 3.63) is 28.0 Å². The Morgan fingerprint density at radius 1 is 1.27 bits per heavy atom. The lowest BCUT2D eigenvalue weighted by molar-refractivity contribution is 0.0205. The van der Waals surface area contributed by atoms with Crippen LogP contribution in [0, 0.1) is 11.7 Å². The van der Waals surface area contributed by atoms with E-state index < -0.39 is 5.82 Å². The van der Waals surface area contributed by atoms with Crippen molar-refractivity contribution >= 4 is 15.9 Å². The molecule has 0 aliphatic carbocycles. The average Bonchev–Trinajstić information content (AvgIpc) is 2.54. The van der Waals surface area contributed by atoms with Crippen molar-refractivity contribution in [3.63, 3.8) is 0 Å². The molecule has 2 heterocycles. The number of nitrogens with zero attached hydrogens (tertiary/aromatic N) is 1. The van der Waals surface area contributed by atoms with Crippen LogP contribution in [0.15, 0.2) is 16.6 Å². The van der Waals surface area contributed by atoms with E-state index in [0.29, 0.717) is 16.0 Å². The zero-order valence-corrected chi connectivity index (χ0v) is 14.1. The molecule has 3 rings (SSSR count). The molecule has 0 amide bonds. The van der Waals surface area contributed by atoms with Crippen LogP contribution in [-0.4, -0.2) is 49.4 Å². The summed E-state index contributed by atoms with van der Waals surface area (Å²) in [5.41, 5.74) is 0.695. The van der Waals surface area contributed by atoms with Gasteiger partial charge in [-0.3, -0.25) is 4.90 Å². The molecule has 122 valence electrons. The number of phenolic OH excluding ortho intramolecular Hbond substituents is 1. The molecule has 6 heteroatoms. The Bertz CT molecular complexity index is 499. The number of hydrogen-bond acceptors (Lipinski definition) is 4. The first-order valence-corrected chi connectivity index (χ1v) is 8.66. The summed E-state index contributed by atoms with van der Waals surface area (Å²) in [6, 6.07) is 3.22. The number of halogens is 2. The maximum absolute atomic E-state index is 14.0. The molecule has 0 unspecified atom stereocenters. The van der Waals surface area contributed by atoms with Gasteiger partial charge in [0.2, 0.25) is 0 Å². The first kappa shape index (κ1) is 16.2. The van der Waals surface area contributed by atoms with Gasteiger partial charge in [0.15, 0.2) is 11.6 Å². The summed E-state index contributed by atoms with van der Waals surface area (Å²) in [6.07, 6.45) is 1.89. The van der Waals surface area contributed by atoms with Crippen molar-refractivity contribution < 1.29 is 14.2 Å². The van der Waals surface area contributed by atoms with Gasteiger partial charge in [0, 0.05) is 55.5 Å². The summed E-state index contributed by atoms with van der Waals surface area (Å²) < 4.78 is 20.1. The van der Waals surface area contributed by atoms with Crippen molar-refractivity contribution in [3.8, 4) is 5.75 Å². The highest BCUT2D eigenvalue weighted by atomic mass is 79.9. The van der Waals surface area contributed by atoms with Crippen molar-refractivity contribution in [1.29, 1.82) is 0 Å². The number of aromatic hydroxyl groups is 1. The minimum absolute atomic E-state index is 0.0398. The van der Waals surface area contributed by atoms with Crippen LogP contribution in [-0.2, 0) is 4.74 Å². The Morgan fingerprint density at radius 2 is 1.95 bits per heavy atom. The van der Waals surface area contributed by atoms with Gasteiger partial charge in [0.1, 0.15) is 0 Å². The topological polar surface area (TPSA) is 44.7 Å². The third kappa shape index (κ3) is 3.45. The van der Waals surface area contributed by atoms with E-state index in [1.54, 1.807) is 0 Å². The minimum atomic E-state index is -0.559.